The van der Waals surface area contributed by atoms with Crippen molar-refractivity contribution < 1.29 is 10.3 Å². The standard InChI is InChI=1S/C37H25NO2.H2/c1-3-9-34-24(4-2)28-13-7-11-25(36(28)39-34)22-16-18-32-30(20-22)31-21-23(17-19-33(31)38-32)26-12-8-14-29-27-10-5-6-15-35(27)40-37(26)29;/h3-21,38H,2H2,1H3;1H/b9-3-;. The minimum absolute atomic E-state index is 0. The van der Waals surface area contributed by atoms with Gasteiger partial charge in [0.1, 0.15) is 22.5 Å². The van der Waals surface area contributed by atoms with Gasteiger partial charge in [-0.05, 0) is 54.5 Å². The first-order chi connectivity index (χ1) is 19.7. The number of hydrogen-bond donors (Lipinski definition) is 1. The predicted octanol–water partition coefficient (Wildman–Crippen LogP) is 11.2. The number of furan rings is 2. The normalized spacial score (nSPS) is 12.1. The number of benzene rings is 5. The van der Waals surface area contributed by atoms with Crippen LogP contribution in [-0.2, 0) is 0 Å². The number of aromatic amines is 1. The van der Waals surface area contributed by atoms with Crippen molar-refractivity contribution >= 4 is 66.9 Å². The zero-order chi connectivity index (χ0) is 26.8. The van der Waals surface area contributed by atoms with Crippen molar-refractivity contribution in [3.8, 4) is 22.3 Å². The maximum Gasteiger partial charge on any atom is 0.143 e. The molecular formula is C37H27NO2. The van der Waals surface area contributed by atoms with E-state index in [0.29, 0.717) is 0 Å². The summed E-state index contributed by atoms with van der Waals surface area (Å²) in [7, 11) is 0. The molecule has 192 valence electrons. The zero-order valence-corrected chi connectivity index (χ0v) is 22.0. The molecule has 1 N–H and O–H groups in total. The van der Waals surface area contributed by atoms with Gasteiger partial charge in [-0.2, -0.15) is 0 Å². The van der Waals surface area contributed by atoms with Crippen LogP contribution >= 0.6 is 0 Å². The van der Waals surface area contributed by atoms with Gasteiger partial charge in [-0.25, -0.2) is 0 Å². The number of hydrogen-bond acceptors (Lipinski definition) is 2. The molecule has 0 fully saturated rings. The molecular weight excluding hydrogens is 490 g/mol. The number of aromatic nitrogens is 1. The Labute approximate surface area is 232 Å². The van der Waals surface area contributed by atoms with Crippen LogP contribution in [0.2, 0.25) is 0 Å². The van der Waals surface area contributed by atoms with Crippen LogP contribution in [0.15, 0.2) is 119 Å². The summed E-state index contributed by atoms with van der Waals surface area (Å²) in [5.74, 6) is 0.831. The molecule has 40 heavy (non-hydrogen) atoms. The predicted molar refractivity (Wildman–Crippen MR) is 171 cm³/mol. The molecule has 0 atom stereocenters. The Morgan fingerprint density at radius 1 is 0.650 bits per heavy atom. The van der Waals surface area contributed by atoms with Crippen molar-refractivity contribution in [2.75, 3.05) is 0 Å². The molecule has 8 rings (SSSR count). The first-order valence-electron chi connectivity index (χ1n) is 13.5. The van der Waals surface area contributed by atoms with E-state index >= 15 is 0 Å². The zero-order valence-electron chi connectivity index (χ0n) is 22.0. The van der Waals surface area contributed by atoms with Gasteiger partial charge in [-0.15, -0.1) is 0 Å². The van der Waals surface area contributed by atoms with Gasteiger partial charge in [0.05, 0.1) is 0 Å². The fourth-order valence-corrected chi connectivity index (χ4v) is 6.08. The molecule has 0 amide bonds. The summed E-state index contributed by atoms with van der Waals surface area (Å²) in [5, 5.41) is 5.70. The number of nitrogens with one attached hydrogen (secondary N) is 1. The minimum Gasteiger partial charge on any atom is -0.455 e. The Bertz CT molecular complexity index is 2310. The Kier molecular flexibility index (Phi) is 4.89. The second kappa shape index (κ2) is 8.62. The van der Waals surface area contributed by atoms with Gasteiger partial charge in [-0.1, -0.05) is 85.5 Å². The molecule has 0 saturated carbocycles. The highest BCUT2D eigenvalue weighted by Gasteiger charge is 2.16. The van der Waals surface area contributed by atoms with E-state index in [4.69, 9.17) is 8.83 Å². The van der Waals surface area contributed by atoms with E-state index in [1.165, 1.54) is 10.8 Å². The number of fused-ring (bicyclic) bond motifs is 7. The molecule has 3 nitrogen and oxygen atoms in total. The van der Waals surface area contributed by atoms with Crippen LogP contribution < -0.4 is 0 Å². The monoisotopic (exact) mass is 517 g/mol. The van der Waals surface area contributed by atoms with E-state index in [2.05, 4.69) is 96.5 Å². The van der Waals surface area contributed by atoms with Crippen LogP contribution in [0.1, 0.15) is 19.7 Å². The lowest BCUT2D eigenvalue weighted by Gasteiger charge is -2.05. The average molecular weight is 518 g/mol. The Morgan fingerprint density at radius 3 is 1.95 bits per heavy atom. The first-order valence-corrected chi connectivity index (χ1v) is 13.5. The molecule has 3 heteroatoms. The van der Waals surface area contributed by atoms with Crippen LogP contribution in [-0.4, -0.2) is 4.98 Å². The van der Waals surface area contributed by atoms with Crippen molar-refractivity contribution in [3.63, 3.8) is 0 Å². The van der Waals surface area contributed by atoms with E-state index in [-0.39, 0.29) is 1.43 Å². The van der Waals surface area contributed by atoms with E-state index < -0.39 is 0 Å². The quantitative estimate of drug-likeness (QED) is 0.252. The highest BCUT2D eigenvalue weighted by atomic mass is 16.3. The van der Waals surface area contributed by atoms with E-state index in [1.54, 1.807) is 0 Å². The lowest BCUT2D eigenvalue weighted by Crippen LogP contribution is -1.80. The second-order valence-corrected chi connectivity index (χ2v) is 10.2. The Hall–Kier alpha value is -5.28. The van der Waals surface area contributed by atoms with Gasteiger partial charge < -0.3 is 13.8 Å². The lowest BCUT2D eigenvalue weighted by atomic mass is 9.98. The highest BCUT2D eigenvalue weighted by Crippen LogP contribution is 2.40. The molecule has 5 aromatic carbocycles. The van der Waals surface area contributed by atoms with Gasteiger partial charge in [-0.3, -0.25) is 0 Å². The third-order valence-corrected chi connectivity index (χ3v) is 7.93. The number of allylic oxidation sites excluding steroid dienone is 1. The SMILES string of the molecule is C=Cc1c(/C=C\C)oc2c(-c3ccc4[nH]c5ccc(-c6cccc7c6oc6ccccc67)cc5c4c3)cccc12.[HH]. The summed E-state index contributed by atoms with van der Waals surface area (Å²) in [4.78, 5) is 3.60. The fourth-order valence-electron chi connectivity index (χ4n) is 6.08. The van der Waals surface area contributed by atoms with Crippen molar-refractivity contribution in [2.24, 2.45) is 0 Å². The highest BCUT2D eigenvalue weighted by molar-refractivity contribution is 6.13. The third kappa shape index (κ3) is 3.25. The molecule has 0 aliphatic carbocycles. The summed E-state index contributed by atoms with van der Waals surface area (Å²) < 4.78 is 12.7. The third-order valence-electron chi connectivity index (χ3n) is 7.93. The minimum atomic E-state index is 0. The van der Waals surface area contributed by atoms with Gasteiger partial charge in [0.25, 0.3) is 0 Å². The van der Waals surface area contributed by atoms with Crippen LogP contribution in [0.25, 0.3) is 89.1 Å². The summed E-state index contributed by atoms with van der Waals surface area (Å²) in [6.07, 6.45) is 5.86. The smallest absolute Gasteiger partial charge is 0.143 e. The van der Waals surface area contributed by atoms with Crippen molar-refractivity contribution in [1.82, 2.24) is 4.98 Å². The number of H-pyrrole nitrogens is 1. The second-order valence-electron chi connectivity index (χ2n) is 10.2. The fraction of sp³-hybridized carbons (Fsp3) is 0.0270. The van der Waals surface area contributed by atoms with Gasteiger partial charge in [0.15, 0.2) is 0 Å². The molecule has 8 aromatic rings. The van der Waals surface area contributed by atoms with Gasteiger partial charge in [0.2, 0.25) is 0 Å². The average Bonchev–Trinajstić information content (AvgIpc) is 3.67. The topological polar surface area (TPSA) is 42.1 Å². The van der Waals surface area contributed by atoms with Crippen LogP contribution in [0.4, 0.5) is 0 Å². The van der Waals surface area contributed by atoms with E-state index in [1.807, 2.05) is 37.3 Å². The number of rotatable bonds is 4. The van der Waals surface area contributed by atoms with Crippen LogP contribution in [0, 0.1) is 0 Å². The number of para-hydroxylation sites is 3. The largest absolute Gasteiger partial charge is 0.455 e. The Morgan fingerprint density at radius 2 is 1.27 bits per heavy atom. The Balaban J connectivity index is 0.00000276. The molecule has 0 aliphatic heterocycles. The van der Waals surface area contributed by atoms with E-state index in [9.17, 15) is 0 Å². The lowest BCUT2D eigenvalue weighted by molar-refractivity contribution is 0.604. The molecule has 3 heterocycles. The van der Waals surface area contributed by atoms with Crippen molar-refractivity contribution in [3.05, 3.63) is 121 Å². The van der Waals surface area contributed by atoms with Crippen molar-refractivity contribution in [2.45, 2.75) is 6.92 Å². The summed E-state index contributed by atoms with van der Waals surface area (Å²) in [5.41, 5.74) is 10.3. The molecule has 0 bridgehead atoms. The van der Waals surface area contributed by atoms with E-state index in [0.717, 1.165) is 77.5 Å². The molecule has 3 aromatic heterocycles. The molecule has 0 spiro atoms. The summed E-state index contributed by atoms with van der Waals surface area (Å²) in [6.45, 7) is 6.02. The molecule has 0 aliphatic rings. The molecule has 0 unspecified atom stereocenters. The molecule has 0 saturated heterocycles. The van der Waals surface area contributed by atoms with Crippen LogP contribution in [0.3, 0.4) is 0 Å². The summed E-state index contributed by atoms with van der Waals surface area (Å²) >= 11 is 0. The molecule has 0 radical (unpaired) electrons. The van der Waals surface area contributed by atoms with Gasteiger partial charge >= 0.3 is 0 Å². The van der Waals surface area contributed by atoms with Crippen molar-refractivity contribution in [1.29, 1.82) is 0 Å². The first kappa shape index (κ1) is 22.7. The summed E-state index contributed by atoms with van der Waals surface area (Å²) in [6, 6.07) is 34.1. The van der Waals surface area contributed by atoms with Crippen LogP contribution in [0.5, 0.6) is 0 Å². The maximum absolute atomic E-state index is 6.36. The van der Waals surface area contributed by atoms with Gasteiger partial charge in [0, 0.05) is 56.1 Å². The maximum atomic E-state index is 6.36.